The fourth-order valence-electron chi connectivity index (χ4n) is 3.31. The van der Waals surface area contributed by atoms with Gasteiger partial charge in [0, 0.05) is 50.1 Å². The number of ether oxygens (including phenoxy) is 4. The molecular formula is C23H25ClN2O6S. The van der Waals surface area contributed by atoms with Crippen LogP contribution in [0.2, 0.25) is 0 Å². The maximum absolute atomic E-state index is 12.7. The lowest BCUT2D eigenvalue weighted by atomic mass is 10.0. The Bertz CT molecular complexity index is 1140. The topological polar surface area (TPSA) is 88.3 Å². The van der Waals surface area contributed by atoms with Gasteiger partial charge in [-0.05, 0) is 24.8 Å². The van der Waals surface area contributed by atoms with E-state index >= 15 is 0 Å². The number of hydrogen-bond acceptors (Lipinski definition) is 8. The van der Waals surface area contributed by atoms with Crippen LogP contribution in [0.15, 0.2) is 45.4 Å². The smallest absolute Gasteiger partial charge is 0.343 e. The average molecular weight is 493 g/mol. The Hall–Kier alpha value is -2.75. The molecule has 1 aromatic carbocycles. The van der Waals surface area contributed by atoms with E-state index in [0.717, 1.165) is 12.0 Å². The summed E-state index contributed by atoms with van der Waals surface area (Å²) in [6.07, 6.45) is 4.86. The lowest BCUT2D eigenvalue weighted by molar-refractivity contribution is 0.0597. The van der Waals surface area contributed by atoms with Crippen molar-refractivity contribution in [3.8, 4) is 22.8 Å². The third-order valence-corrected chi connectivity index (χ3v) is 5.41. The van der Waals surface area contributed by atoms with Gasteiger partial charge in [0.05, 0.1) is 25.0 Å². The molecule has 0 spiro atoms. The molecule has 0 bridgehead atoms. The molecule has 0 unspecified atom stereocenters. The molecule has 0 N–H and O–H groups in total. The number of carbonyl (C=O) groups is 1. The quantitative estimate of drug-likeness (QED) is 0.169. The van der Waals surface area contributed by atoms with E-state index in [0.29, 0.717) is 36.0 Å². The molecule has 2 aromatic rings. The number of pyridine rings is 1. The van der Waals surface area contributed by atoms with Gasteiger partial charge in [0.15, 0.2) is 11.7 Å². The molecule has 3 rings (SSSR count). The van der Waals surface area contributed by atoms with Gasteiger partial charge in [0.25, 0.3) is 0 Å². The van der Waals surface area contributed by atoms with Gasteiger partial charge in [-0.1, -0.05) is 11.6 Å². The zero-order valence-corrected chi connectivity index (χ0v) is 20.4. The van der Waals surface area contributed by atoms with Crippen LogP contribution in [0.4, 0.5) is 0 Å². The number of nitrogens with zero attached hydrogens (tertiary/aromatic N) is 2. The maximum atomic E-state index is 12.7. The predicted octanol–water partition coefficient (Wildman–Crippen LogP) is 4.39. The van der Waals surface area contributed by atoms with Gasteiger partial charge in [-0.25, -0.2) is 9.79 Å². The van der Waals surface area contributed by atoms with Crippen molar-refractivity contribution < 1.29 is 23.7 Å². The average Bonchev–Trinajstić information content (AvgIpc) is 2.80. The first kappa shape index (κ1) is 24.9. The van der Waals surface area contributed by atoms with Crippen LogP contribution in [0.1, 0.15) is 28.6 Å². The first-order valence-electron chi connectivity index (χ1n) is 10.1. The largest absolute Gasteiger partial charge is 0.493 e. The van der Waals surface area contributed by atoms with Crippen LogP contribution in [-0.2, 0) is 9.47 Å². The summed E-state index contributed by atoms with van der Waals surface area (Å²) in [5.41, 5.74) is 3.18. The van der Waals surface area contributed by atoms with Crippen LogP contribution < -0.4 is 14.9 Å². The number of esters is 1. The van der Waals surface area contributed by atoms with E-state index in [9.17, 15) is 9.59 Å². The van der Waals surface area contributed by atoms with Crippen molar-refractivity contribution in [1.82, 2.24) is 4.57 Å². The van der Waals surface area contributed by atoms with E-state index in [1.165, 1.54) is 31.1 Å². The van der Waals surface area contributed by atoms with Crippen molar-refractivity contribution in [1.29, 1.82) is 0 Å². The molecule has 0 fully saturated rings. The maximum Gasteiger partial charge on any atom is 0.343 e. The Labute approximate surface area is 201 Å². The van der Waals surface area contributed by atoms with E-state index in [2.05, 4.69) is 4.99 Å². The first-order valence-corrected chi connectivity index (χ1v) is 11.8. The standard InChI is InChI=1S/C23H25ClN2O6S/c1-14-8-15-17-9-18(27)16(23(28)30-3)12-26(17)22(11-21(24)25-13-33-4)32-20(15)10-19(14)31-7-5-6-29-2/h8-13,22H,5-7H2,1-4H3/b21-11+,25-13-/t22-/m1/s1. The zero-order chi connectivity index (χ0) is 24.0. The Morgan fingerprint density at radius 3 is 2.79 bits per heavy atom. The zero-order valence-electron chi connectivity index (χ0n) is 18.8. The van der Waals surface area contributed by atoms with Crippen LogP contribution in [-0.4, -0.2) is 49.8 Å². The summed E-state index contributed by atoms with van der Waals surface area (Å²) in [6.45, 7) is 3.00. The Morgan fingerprint density at radius 1 is 1.30 bits per heavy atom. The minimum Gasteiger partial charge on any atom is -0.493 e. The van der Waals surface area contributed by atoms with Gasteiger partial charge in [-0.2, -0.15) is 0 Å². The number of halogens is 1. The van der Waals surface area contributed by atoms with Crippen molar-refractivity contribution in [3.05, 3.63) is 57.0 Å². The summed E-state index contributed by atoms with van der Waals surface area (Å²) in [5, 5.41) is 0.199. The van der Waals surface area contributed by atoms with Crippen LogP contribution >= 0.6 is 23.4 Å². The molecule has 0 saturated heterocycles. The Kier molecular flexibility index (Phi) is 8.60. The molecule has 176 valence electrons. The van der Waals surface area contributed by atoms with Crippen LogP contribution in [0.3, 0.4) is 0 Å². The highest BCUT2D eigenvalue weighted by Crippen LogP contribution is 2.42. The SMILES string of the molecule is COCCCOc1cc2c(cc1C)-c1cc(=O)c(C(=O)OC)cn1[C@@H](/C=C(Cl)/N=C\SC)O2. The van der Waals surface area contributed by atoms with Gasteiger partial charge in [-0.3, -0.25) is 4.79 Å². The van der Waals surface area contributed by atoms with Crippen LogP contribution in [0.5, 0.6) is 11.5 Å². The third-order valence-electron chi connectivity index (χ3n) is 4.87. The summed E-state index contributed by atoms with van der Waals surface area (Å²) in [5.74, 6) is 0.458. The predicted molar refractivity (Wildman–Crippen MR) is 130 cm³/mol. The highest BCUT2D eigenvalue weighted by atomic mass is 35.5. The molecule has 1 atom stereocenters. The molecule has 8 nitrogen and oxygen atoms in total. The van der Waals surface area contributed by atoms with Gasteiger partial charge >= 0.3 is 5.97 Å². The summed E-state index contributed by atoms with van der Waals surface area (Å²) in [4.78, 5) is 28.9. The van der Waals surface area contributed by atoms with Gasteiger partial charge in [-0.15, -0.1) is 11.8 Å². The third kappa shape index (κ3) is 5.79. The number of carbonyl (C=O) groups excluding carboxylic acids is 1. The van der Waals surface area contributed by atoms with Gasteiger partial charge < -0.3 is 23.5 Å². The van der Waals surface area contributed by atoms with Crippen molar-refractivity contribution >= 4 is 34.9 Å². The molecule has 0 aliphatic carbocycles. The molecule has 0 amide bonds. The first-order chi connectivity index (χ1) is 15.9. The van der Waals surface area contributed by atoms with Crippen molar-refractivity contribution in [2.24, 2.45) is 4.99 Å². The number of fused-ring (bicyclic) bond motifs is 3. The molecule has 33 heavy (non-hydrogen) atoms. The number of thioether (sulfide) groups is 1. The molecule has 0 radical (unpaired) electrons. The highest BCUT2D eigenvalue weighted by Gasteiger charge is 2.28. The fraction of sp³-hybridized carbons (Fsp3) is 0.348. The van der Waals surface area contributed by atoms with Gasteiger partial charge in [0.2, 0.25) is 0 Å². The van der Waals surface area contributed by atoms with E-state index in [-0.39, 0.29) is 10.7 Å². The fourth-order valence-corrected chi connectivity index (χ4v) is 3.75. The van der Waals surface area contributed by atoms with Gasteiger partial charge in [0.1, 0.15) is 22.2 Å². The molecule has 0 saturated carbocycles. The molecule has 10 heteroatoms. The minimum absolute atomic E-state index is 0.106. The monoisotopic (exact) mass is 492 g/mol. The number of rotatable bonds is 9. The number of hydrogen-bond donors (Lipinski definition) is 0. The van der Waals surface area contributed by atoms with E-state index in [4.69, 9.17) is 30.5 Å². The van der Waals surface area contributed by atoms with E-state index in [1.54, 1.807) is 29.4 Å². The number of aromatic nitrogens is 1. The number of benzene rings is 1. The van der Waals surface area contributed by atoms with Crippen LogP contribution in [0.25, 0.3) is 11.3 Å². The molecule has 1 aliphatic rings. The Balaban J connectivity index is 2.10. The summed E-state index contributed by atoms with van der Waals surface area (Å²) < 4.78 is 23.6. The Morgan fingerprint density at radius 2 is 2.09 bits per heavy atom. The minimum atomic E-state index is -0.757. The molecule has 1 aliphatic heterocycles. The second-order valence-electron chi connectivity index (χ2n) is 7.11. The lowest BCUT2D eigenvalue weighted by Gasteiger charge is -2.30. The highest BCUT2D eigenvalue weighted by molar-refractivity contribution is 8.11. The van der Waals surface area contributed by atoms with Crippen molar-refractivity contribution in [2.45, 2.75) is 19.6 Å². The number of aryl methyl sites for hydroxylation is 1. The second-order valence-corrected chi connectivity index (χ2v) is 8.18. The summed E-state index contributed by atoms with van der Waals surface area (Å²) in [6, 6.07) is 5.07. The van der Waals surface area contributed by atoms with Crippen molar-refractivity contribution in [2.75, 3.05) is 33.7 Å². The normalized spacial score (nSPS) is 15.1. The number of aliphatic imine (C=N–C) groups is 1. The van der Waals surface area contributed by atoms with E-state index < -0.39 is 17.6 Å². The second kappa shape index (κ2) is 11.4. The number of methoxy groups -OCH3 is 2. The van der Waals surface area contributed by atoms with Crippen LogP contribution in [0, 0.1) is 6.92 Å². The molecular weight excluding hydrogens is 468 g/mol. The molecule has 2 heterocycles. The molecule has 1 aromatic heterocycles. The van der Waals surface area contributed by atoms with Crippen molar-refractivity contribution in [3.63, 3.8) is 0 Å². The summed E-state index contributed by atoms with van der Waals surface area (Å²) >= 11 is 7.67. The van der Waals surface area contributed by atoms with E-state index in [1.807, 2.05) is 19.2 Å². The summed E-state index contributed by atoms with van der Waals surface area (Å²) in [7, 11) is 2.87. The lowest BCUT2D eigenvalue weighted by Crippen LogP contribution is -2.26.